The molecule has 0 radical (unpaired) electrons. The summed E-state index contributed by atoms with van der Waals surface area (Å²) in [5.74, 6) is -0.811. The molecule has 9 nitrogen and oxygen atoms in total. The number of rotatable bonds is 3. The molecule has 0 spiro atoms. The van der Waals surface area contributed by atoms with Gasteiger partial charge in [0, 0.05) is 38.2 Å². The number of aromatic nitrogens is 2. The van der Waals surface area contributed by atoms with Gasteiger partial charge < -0.3 is 14.5 Å². The Labute approximate surface area is 162 Å². The summed E-state index contributed by atoms with van der Waals surface area (Å²) in [6.07, 6.45) is 3.13. The van der Waals surface area contributed by atoms with Crippen molar-refractivity contribution in [2.45, 2.75) is 12.1 Å². The summed E-state index contributed by atoms with van der Waals surface area (Å²) in [6, 6.07) is 3.93. The van der Waals surface area contributed by atoms with E-state index in [0.29, 0.717) is 16.6 Å². The zero-order valence-electron chi connectivity index (χ0n) is 15.3. The van der Waals surface area contributed by atoms with Crippen LogP contribution in [0.25, 0.3) is 11.0 Å². The lowest BCUT2D eigenvalue weighted by Gasteiger charge is -2.43. The Kier molecular flexibility index (Phi) is 4.76. The van der Waals surface area contributed by atoms with Gasteiger partial charge in [0.2, 0.25) is 5.91 Å². The molecule has 148 valence electrons. The molecule has 0 aliphatic carbocycles. The summed E-state index contributed by atoms with van der Waals surface area (Å²) in [6.45, 7) is 0.433. The van der Waals surface area contributed by atoms with Gasteiger partial charge in [0.05, 0.1) is 34.6 Å². The van der Waals surface area contributed by atoms with Crippen LogP contribution in [-0.2, 0) is 19.4 Å². The van der Waals surface area contributed by atoms with E-state index in [-0.39, 0.29) is 43.0 Å². The SMILES string of the molecule is COCC(=O)N1CCN(C(=O)c2ccc3nccnc3c2)[C@H]2CS(=O)(=O)C[C@H]21. The zero-order chi connectivity index (χ0) is 19.9. The molecular formula is C18H20N4O5S. The Hall–Kier alpha value is -2.59. The topological polar surface area (TPSA) is 110 Å². The highest BCUT2D eigenvalue weighted by molar-refractivity contribution is 7.91. The molecule has 2 fully saturated rings. The van der Waals surface area contributed by atoms with Crippen molar-refractivity contribution in [2.75, 3.05) is 38.3 Å². The summed E-state index contributed by atoms with van der Waals surface area (Å²) < 4.78 is 29.5. The van der Waals surface area contributed by atoms with E-state index in [9.17, 15) is 18.0 Å². The lowest BCUT2D eigenvalue weighted by molar-refractivity contribution is -0.140. The van der Waals surface area contributed by atoms with Gasteiger partial charge in [0.25, 0.3) is 5.91 Å². The number of sulfone groups is 1. The van der Waals surface area contributed by atoms with Crippen LogP contribution in [0, 0.1) is 0 Å². The summed E-state index contributed by atoms with van der Waals surface area (Å²) in [5.41, 5.74) is 1.70. The molecule has 0 bridgehead atoms. The average molecular weight is 404 g/mol. The van der Waals surface area contributed by atoms with Gasteiger partial charge in [0.15, 0.2) is 9.84 Å². The maximum atomic E-state index is 13.2. The zero-order valence-corrected chi connectivity index (χ0v) is 16.1. The van der Waals surface area contributed by atoms with Crippen molar-refractivity contribution in [1.29, 1.82) is 0 Å². The molecule has 1 aromatic heterocycles. The largest absolute Gasteiger partial charge is 0.375 e. The molecule has 1 aromatic carbocycles. The minimum atomic E-state index is -3.34. The van der Waals surface area contributed by atoms with Crippen LogP contribution in [0.3, 0.4) is 0 Å². The number of methoxy groups -OCH3 is 1. The number of piperazine rings is 1. The summed E-state index contributed by atoms with van der Waals surface area (Å²) in [5, 5.41) is 0. The van der Waals surface area contributed by atoms with E-state index in [1.807, 2.05) is 0 Å². The number of hydrogen-bond donors (Lipinski definition) is 0. The van der Waals surface area contributed by atoms with Gasteiger partial charge in [-0.15, -0.1) is 0 Å². The molecule has 4 rings (SSSR count). The number of carbonyl (C=O) groups excluding carboxylic acids is 2. The van der Waals surface area contributed by atoms with Gasteiger partial charge >= 0.3 is 0 Å². The Bertz CT molecular complexity index is 1040. The lowest BCUT2D eigenvalue weighted by Crippen LogP contribution is -2.62. The number of nitrogens with zero attached hydrogens (tertiary/aromatic N) is 4. The van der Waals surface area contributed by atoms with Crippen LogP contribution >= 0.6 is 0 Å². The van der Waals surface area contributed by atoms with Crippen LogP contribution in [-0.4, -0.2) is 90.4 Å². The van der Waals surface area contributed by atoms with E-state index in [1.54, 1.807) is 35.5 Å². The van der Waals surface area contributed by atoms with Crippen LogP contribution in [0.2, 0.25) is 0 Å². The van der Waals surface area contributed by atoms with E-state index >= 15 is 0 Å². The number of ether oxygens (including phenoxy) is 1. The Morgan fingerprint density at radius 1 is 1.07 bits per heavy atom. The molecule has 3 heterocycles. The van der Waals surface area contributed by atoms with Crippen LogP contribution in [0.1, 0.15) is 10.4 Å². The molecule has 2 atom stereocenters. The summed E-state index contributed by atoms with van der Waals surface area (Å²) in [7, 11) is -1.92. The van der Waals surface area contributed by atoms with Crippen molar-refractivity contribution < 1.29 is 22.7 Å². The molecule has 10 heteroatoms. The number of hydrogen-bond acceptors (Lipinski definition) is 7. The summed E-state index contributed by atoms with van der Waals surface area (Å²) >= 11 is 0. The molecule has 2 amide bonds. The van der Waals surface area contributed by atoms with Gasteiger partial charge in [-0.25, -0.2) is 8.42 Å². The maximum absolute atomic E-state index is 13.2. The van der Waals surface area contributed by atoms with Crippen molar-refractivity contribution in [3.8, 4) is 0 Å². The minimum Gasteiger partial charge on any atom is -0.375 e. The monoisotopic (exact) mass is 404 g/mol. The predicted octanol–water partition coefficient (Wildman–Crippen LogP) is -0.274. The third kappa shape index (κ3) is 3.33. The van der Waals surface area contributed by atoms with Crippen LogP contribution in [0.4, 0.5) is 0 Å². The fraction of sp³-hybridized carbons (Fsp3) is 0.444. The van der Waals surface area contributed by atoms with Crippen molar-refractivity contribution in [3.63, 3.8) is 0 Å². The Morgan fingerprint density at radius 2 is 1.71 bits per heavy atom. The highest BCUT2D eigenvalue weighted by Crippen LogP contribution is 2.28. The predicted molar refractivity (Wildman–Crippen MR) is 100 cm³/mol. The molecule has 0 unspecified atom stereocenters. The third-order valence-corrected chi connectivity index (χ3v) is 6.94. The molecule has 2 aromatic rings. The minimum absolute atomic E-state index is 0.111. The molecule has 2 aliphatic heterocycles. The highest BCUT2D eigenvalue weighted by atomic mass is 32.2. The normalized spacial score (nSPS) is 23.6. The molecule has 0 N–H and O–H groups in total. The van der Waals surface area contributed by atoms with E-state index in [2.05, 4.69) is 9.97 Å². The number of amides is 2. The van der Waals surface area contributed by atoms with Crippen LogP contribution in [0.15, 0.2) is 30.6 Å². The van der Waals surface area contributed by atoms with E-state index in [1.165, 1.54) is 12.0 Å². The molecule has 2 aliphatic rings. The number of benzene rings is 1. The van der Waals surface area contributed by atoms with Crippen LogP contribution < -0.4 is 0 Å². The smallest absolute Gasteiger partial charge is 0.254 e. The van der Waals surface area contributed by atoms with E-state index in [0.717, 1.165) is 0 Å². The van der Waals surface area contributed by atoms with Crippen molar-refractivity contribution in [2.24, 2.45) is 0 Å². The second kappa shape index (κ2) is 7.10. The third-order valence-electron chi connectivity index (χ3n) is 5.24. The Morgan fingerprint density at radius 3 is 2.43 bits per heavy atom. The van der Waals surface area contributed by atoms with E-state index < -0.39 is 21.9 Å². The van der Waals surface area contributed by atoms with Gasteiger partial charge in [0.1, 0.15) is 6.61 Å². The van der Waals surface area contributed by atoms with Gasteiger partial charge in [-0.1, -0.05) is 0 Å². The van der Waals surface area contributed by atoms with Gasteiger partial charge in [-0.05, 0) is 18.2 Å². The molecule has 2 saturated heterocycles. The number of carbonyl (C=O) groups is 2. The number of fused-ring (bicyclic) bond motifs is 2. The van der Waals surface area contributed by atoms with Crippen molar-refractivity contribution >= 4 is 32.7 Å². The standard InChI is InChI=1S/C18H20N4O5S/c1-27-9-17(23)21-6-7-22(16-11-28(25,26)10-15(16)21)18(24)12-2-3-13-14(8-12)20-5-4-19-13/h2-5,8,15-16H,6-7,9-11H2,1H3/t15-,16+/m1/s1. The second-order valence-corrected chi connectivity index (χ2v) is 9.14. The first-order valence-corrected chi connectivity index (χ1v) is 10.7. The summed E-state index contributed by atoms with van der Waals surface area (Å²) in [4.78, 5) is 37.0. The first-order valence-electron chi connectivity index (χ1n) is 8.90. The quantitative estimate of drug-likeness (QED) is 0.692. The molecular weight excluding hydrogens is 384 g/mol. The maximum Gasteiger partial charge on any atom is 0.254 e. The molecule has 0 saturated carbocycles. The highest BCUT2D eigenvalue weighted by Gasteiger charge is 2.49. The lowest BCUT2D eigenvalue weighted by atomic mass is 10.0. The van der Waals surface area contributed by atoms with Crippen molar-refractivity contribution in [1.82, 2.24) is 19.8 Å². The van der Waals surface area contributed by atoms with Gasteiger partial charge in [-0.2, -0.15) is 0 Å². The molecule has 28 heavy (non-hydrogen) atoms. The first kappa shape index (κ1) is 18.8. The van der Waals surface area contributed by atoms with Gasteiger partial charge in [-0.3, -0.25) is 19.6 Å². The van der Waals surface area contributed by atoms with Crippen molar-refractivity contribution in [3.05, 3.63) is 36.2 Å². The van der Waals surface area contributed by atoms with E-state index in [4.69, 9.17) is 4.74 Å². The average Bonchev–Trinajstić information content (AvgIpc) is 3.01. The Balaban J connectivity index is 1.64. The second-order valence-electron chi connectivity index (χ2n) is 6.99. The van der Waals surface area contributed by atoms with Crippen LogP contribution in [0.5, 0.6) is 0 Å². The fourth-order valence-electron chi connectivity index (χ4n) is 3.98. The fourth-order valence-corrected chi connectivity index (χ4v) is 5.96. The first-order chi connectivity index (χ1) is 13.4.